The van der Waals surface area contributed by atoms with Gasteiger partial charge in [-0.15, -0.1) is 0 Å². The average molecular weight is 290 g/mol. The van der Waals surface area contributed by atoms with E-state index in [4.69, 9.17) is 27.9 Å². The molecule has 2 nitrogen and oxygen atoms in total. The smallest absolute Gasteiger partial charge is 0.138 e. The van der Waals surface area contributed by atoms with Crippen molar-refractivity contribution < 1.29 is 4.74 Å². The summed E-state index contributed by atoms with van der Waals surface area (Å²) in [5.74, 6) is 1.46. The van der Waals surface area contributed by atoms with Gasteiger partial charge in [-0.2, -0.15) is 0 Å². The van der Waals surface area contributed by atoms with E-state index in [0.29, 0.717) is 22.4 Å². The molecule has 1 aromatic rings. The normalized spacial score (nSPS) is 10.9. The summed E-state index contributed by atoms with van der Waals surface area (Å²) in [5, 5.41) is 4.53. The number of rotatable bonds is 8. The fourth-order valence-corrected chi connectivity index (χ4v) is 2.05. The Morgan fingerprint density at radius 3 is 2.67 bits per heavy atom. The molecular weight excluding hydrogens is 269 g/mol. The third-order valence-electron chi connectivity index (χ3n) is 2.57. The lowest BCUT2D eigenvalue weighted by Crippen LogP contribution is -2.22. The molecule has 1 rings (SSSR count). The van der Waals surface area contributed by atoms with Crippen LogP contribution in [-0.2, 0) is 0 Å². The summed E-state index contributed by atoms with van der Waals surface area (Å²) >= 11 is 11.8. The van der Waals surface area contributed by atoms with Crippen molar-refractivity contribution in [3.63, 3.8) is 0 Å². The Kier molecular flexibility index (Phi) is 7.48. The van der Waals surface area contributed by atoms with Gasteiger partial charge in [-0.1, -0.05) is 37.0 Å². The second-order valence-corrected chi connectivity index (χ2v) is 5.55. The van der Waals surface area contributed by atoms with Gasteiger partial charge in [0.1, 0.15) is 12.4 Å². The van der Waals surface area contributed by atoms with Crippen LogP contribution in [0.15, 0.2) is 18.2 Å². The van der Waals surface area contributed by atoms with E-state index in [-0.39, 0.29) is 0 Å². The minimum absolute atomic E-state index is 0.558. The van der Waals surface area contributed by atoms with Crippen LogP contribution in [0.3, 0.4) is 0 Å². The van der Waals surface area contributed by atoms with Crippen LogP contribution in [0.5, 0.6) is 5.75 Å². The molecule has 1 N–H and O–H groups in total. The zero-order chi connectivity index (χ0) is 13.4. The highest BCUT2D eigenvalue weighted by Gasteiger charge is 2.01. The van der Waals surface area contributed by atoms with Crippen molar-refractivity contribution in [2.45, 2.75) is 26.7 Å². The number of halogens is 2. The fourth-order valence-electron chi connectivity index (χ4n) is 1.59. The highest BCUT2D eigenvalue weighted by molar-refractivity contribution is 6.35. The topological polar surface area (TPSA) is 21.3 Å². The fraction of sp³-hybridized carbons (Fsp3) is 0.571. The molecule has 0 spiro atoms. The maximum Gasteiger partial charge on any atom is 0.138 e. The van der Waals surface area contributed by atoms with Gasteiger partial charge in [-0.25, -0.2) is 0 Å². The number of hydrogen-bond acceptors (Lipinski definition) is 2. The van der Waals surface area contributed by atoms with E-state index < -0.39 is 0 Å². The second kappa shape index (κ2) is 8.63. The van der Waals surface area contributed by atoms with Crippen molar-refractivity contribution in [1.29, 1.82) is 0 Å². The van der Waals surface area contributed by atoms with Gasteiger partial charge in [0.05, 0.1) is 5.02 Å². The predicted octanol–water partition coefficient (Wildman–Crippen LogP) is 4.40. The quantitative estimate of drug-likeness (QED) is 0.717. The molecule has 1 aromatic carbocycles. The van der Waals surface area contributed by atoms with Crippen LogP contribution >= 0.6 is 23.2 Å². The third kappa shape index (κ3) is 6.48. The monoisotopic (exact) mass is 289 g/mol. The maximum atomic E-state index is 6.00. The Hall–Kier alpha value is -0.440. The van der Waals surface area contributed by atoms with Gasteiger partial charge in [-0.05, 0) is 43.5 Å². The van der Waals surface area contributed by atoms with E-state index in [0.717, 1.165) is 19.0 Å². The van der Waals surface area contributed by atoms with Gasteiger partial charge < -0.3 is 10.1 Å². The van der Waals surface area contributed by atoms with Crippen LogP contribution in [0.1, 0.15) is 26.7 Å². The molecule has 0 aliphatic heterocycles. The summed E-state index contributed by atoms with van der Waals surface area (Å²) in [4.78, 5) is 0. The number of nitrogens with one attached hydrogen (secondary N) is 1. The molecule has 0 radical (unpaired) electrons. The Balaban J connectivity index is 2.11. The van der Waals surface area contributed by atoms with E-state index in [1.54, 1.807) is 18.2 Å². The molecule has 0 heterocycles. The van der Waals surface area contributed by atoms with Crippen LogP contribution in [-0.4, -0.2) is 19.7 Å². The summed E-state index contributed by atoms with van der Waals surface area (Å²) in [6, 6.07) is 5.26. The standard InChI is InChI=1S/C14H21Cl2NO/c1-11(2)4-3-7-17-8-9-18-14-6-5-12(15)10-13(14)16/h5-6,10-11,17H,3-4,7-9H2,1-2H3. The van der Waals surface area contributed by atoms with E-state index in [1.807, 2.05) is 0 Å². The summed E-state index contributed by atoms with van der Waals surface area (Å²) in [6.07, 6.45) is 2.47. The summed E-state index contributed by atoms with van der Waals surface area (Å²) in [5.41, 5.74) is 0. The van der Waals surface area contributed by atoms with Gasteiger partial charge in [0.2, 0.25) is 0 Å². The van der Waals surface area contributed by atoms with E-state index in [2.05, 4.69) is 19.2 Å². The number of benzene rings is 1. The average Bonchev–Trinajstić information content (AvgIpc) is 2.30. The van der Waals surface area contributed by atoms with Crippen LogP contribution in [0.25, 0.3) is 0 Å². The van der Waals surface area contributed by atoms with Gasteiger partial charge in [0, 0.05) is 11.6 Å². The van der Waals surface area contributed by atoms with Crippen molar-refractivity contribution in [3.8, 4) is 5.75 Å². The molecule has 0 aliphatic carbocycles. The number of ether oxygens (including phenoxy) is 1. The molecule has 18 heavy (non-hydrogen) atoms. The number of hydrogen-bond donors (Lipinski definition) is 1. The van der Waals surface area contributed by atoms with Crippen molar-refractivity contribution in [2.24, 2.45) is 5.92 Å². The molecule has 0 aliphatic rings. The molecule has 4 heteroatoms. The zero-order valence-corrected chi connectivity index (χ0v) is 12.5. The molecular formula is C14H21Cl2NO. The Labute approximate surface area is 120 Å². The first kappa shape index (κ1) is 15.6. The Bertz CT molecular complexity index is 356. The first-order chi connectivity index (χ1) is 8.59. The van der Waals surface area contributed by atoms with Crippen molar-refractivity contribution in [1.82, 2.24) is 5.32 Å². The lowest BCUT2D eigenvalue weighted by atomic mass is 10.1. The molecule has 0 atom stereocenters. The van der Waals surface area contributed by atoms with Gasteiger partial charge in [0.25, 0.3) is 0 Å². The lowest BCUT2D eigenvalue weighted by Gasteiger charge is -2.09. The SMILES string of the molecule is CC(C)CCCNCCOc1ccc(Cl)cc1Cl. The molecule has 0 amide bonds. The van der Waals surface area contributed by atoms with Gasteiger partial charge in [-0.3, -0.25) is 0 Å². The predicted molar refractivity (Wildman–Crippen MR) is 78.9 cm³/mol. The third-order valence-corrected chi connectivity index (χ3v) is 3.10. The van der Waals surface area contributed by atoms with Gasteiger partial charge in [0.15, 0.2) is 0 Å². The van der Waals surface area contributed by atoms with Crippen LogP contribution < -0.4 is 10.1 Å². The van der Waals surface area contributed by atoms with E-state index >= 15 is 0 Å². The maximum absolute atomic E-state index is 6.00. The van der Waals surface area contributed by atoms with Crippen molar-refractivity contribution in [3.05, 3.63) is 28.2 Å². The highest BCUT2D eigenvalue weighted by atomic mass is 35.5. The Morgan fingerprint density at radius 2 is 2.00 bits per heavy atom. The molecule has 0 saturated carbocycles. The molecule has 0 saturated heterocycles. The summed E-state index contributed by atoms with van der Waals surface area (Å²) < 4.78 is 5.57. The molecule has 0 unspecified atom stereocenters. The largest absolute Gasteiger partial charge is 0.491 e. The first-order valence-electron chi connectivity index (χ1n) is 6.38. The zero-order valence-electron chi connectivity index (χ0n) is 11.0. The minimum Gasteiger partial charge on any atom is -0.491 e. The lowest BCUT2D eigenvalue weighted by molar-refractivity contribution is 0.313. The second-order valence-electron chi connectivity index (χ2n) is 4.71. The molecule has 0 aromatic heterocycles. The van der Waals surface area contributed by atoms with Crippen LogP contribution in [0, 0.1) is 5.92 Å². The minimum atomic E-state index is 0.558. The first-order valence-corrected chi connectivity index (χ1v) is 7.13. The highest BCUT2D eigenvalue weighted by Crippen LogP contribution is 2.27. The van der Waals surface area contributed by atoms with E-state index in [9.17, 15) is 0 Å². The van der Waals surface area contributed by atoms with Crippen LogP contribution in [0.2, 0.25) is 10.0 Å². The van der Waals surface area contributed by atoms with Crippen molar-refractivity contribution in [2.75, 3.05) is 19.7 Å². The summed E-state index contributed by atoms with van der Waals surface area (Å²) in [7, 11) is 0. The summed E-state index contributed by atoms with van der Waals surface area (Å²) in [6.45, 7) is 6.97. The molecule has 0 fully saturated rings. The van der Waals surface area contributed by atoms with Gasteiger partial charge >= 0.3 is 0 Å². The molecule has 102 valence electrons. The Morgan fingerprint density at radius 1 is 1.22 bits per heavy atom. The van der Waals surface area contributed by atoms with Crippen LogP contribution in [0.4, 0.5) is 0 Å². The molecule has 0 bridgehead atoms. The van der Waals surface area contributed by atoms with E-state index in [1.165, 1.54) is 12.8 Å². The van der Waals surface area contributed by atoms with Crippen molar-refractivity contribution >= 4 is 23.2 Å².